The van der Waals surface area contributed by atoms with E-state index < -0.39 is 0 Å². The maximum absolute atomic E-state index is 8.06. The van der Waals surface area contributed by atoms with Crippen molar-refractivity contribution < 1.29 is 9.94 Å². The first-order valence-electron chi connectivity index (χ1n) is 3.63. The van der Waals surface area contributed by atoms with Crippen molar-refractivity contribution in [1.82, 2.24) is 4.98 Å². The summed E-state index contributed by atoms with van der Waals surface area (Å²) >= 11 is 0. The molecule has 0 fully saturated rings. The molecule has 0 saturated heterocycles. The number of aromatic nitrogens is 1. The van der Waals surface area contributed by atoms with Gasteiger partial charge >= 0.3 is 0 Å². The van der Waals surface area contributed by atoms with Gasteiger partial charge in [0.25, 0.3) is 0 Å². The van der Waals surface area contributed by atoms with Crippen LogP contribution in [0.1, 0.15) is 6.42 Å². The van der Waals surface area contributed by atoms with E-state index in [1.54, 1.807) is 12.3 Å². The van der Waals surface area contributed by atoms with Gasteiger partial charge in [0.15, 0.2) is 0 Å². The number of pyridine rings is 1. The van der Waals surface area contributed by atoms with E-state index in [0.29, 0.717) is 18.9 Å². The fourth-order valence-electron chi connectivity index (χ4n) is 0.706. The second-order valence-corrected chi connectivity index (χ2v) is 2.10. The van der Waals surface area contributed by atoms with E-state index in [9.17, 15) is 0 Å². The number of rotatable bonds is 4. The van der Waals surface area contributed by atoms with Crippen molar-refractivity contribution in [1.29, 1.82) is 0 Å². The molecular formula is C8H10N2O2. The summed E-state index contributed by atoms with van der Waals surface area (Å²) in [4.78, 5) is 3.95. The van der Waals surface area contributed by atoms with Gasteiger partial charge in [-0.1, -0.05) is 6.07 Å². The summed E-state index contributed by atoms with van der Waals surface area (Å²) in [6.07, 6.45) is 3.62. The molecule has 64 valence electrons. The highest BCUT2D eigenvalue weighted by atomic mass is 16.5. The second-order valence-electron chi connectivity index (χ2n) is 2.10. The van der Waals surface area contributed by atoms with E-state index in [0.717, 1.165) is 0 Å². The van der Waals surface area contributed by atoms with Crippen LogP contribution in [0.3, 0.4) is 0 Å². The highest BCUT2D eigenvalue weighted by molar-refractivity contribution is 5.56. The molecule has 0 aliphatic carbocycles. The molecular weight excluding hydrogens is 156 g/mol. The number of nitrogens with zero attached hydrogens (tertiary/aromatic N) is 2. The van der Waals surface area contributed by atoms with Gasteiger partial charge in [0, 0.05) is 24.9 Å². The molecule has 0 saturated carbocycles. The van der Waals surface area contributed by atoms with Crippen molar-refractivity contribution in [3.05, 3.63) is 24.4 Å². The fourth-order valence-corrected chi connectivity index (χ4v) is 0.706. The van der Waals surface area contributed by atoms with Gasteiger partial charge in [-0.3, -0.25) is 0 Å². The molecule has 0 aromatic carbocycles. The van der Waals surface area contributed by atoms with E-state index in [4.69, 9.17) is 9.94 Å². The third kappa shape index (κ3) is 3.01. The van der Waals surface area contributed by atoms with Crippen molar-refractivity contribution in [2.24, 2.45) is 5.16 Å². The minimum absolute atomic E-state index is 0.473. The lowest BCUT2D eigenvalue weighted by Crippen LogP contribution is -1.98. The predicted molar refractivity (Wildman–Crippen MR) is 44.6 cm³/mol. The fraction of sp³-hybridized carbons (Fsp3) is 0.250. The topological polar surface area (TPSA) is 54.7 Å². The summed E-state index contributed by atoms with van der Waals surface area (Å²) in [5.74, 6) is 0.587. The van der Waals surface area contributed by atoms with Gasteiger partial charge in [-0.05, 0) is 6.07 Å². The molecule has 4 nitrogen and oxygen atoms in total. The summed E-state index contributed by atoms with van der Waals surface area (Å²) < 4.78 is 5.19. The third-order valence-electron chi connectivity index (χ3n) is 1.22. The number of ether oxygens (including phenoxy) is 1. The maximum atomic E-state index is 8.06. The summed E-state index contributed by atoms with van der Waals surface area (Å²) in [6, 6.07) is 5.45. The molecule has 0 radical (unpaired) electrons. The van der Waals surface area contributed by atoms with Crippen LogP contribution in [0.4, 0.5) is 0 Å². The SMILES string of the molecule is O/N=C\CCOc1ccccn1. The van der Waals surface area contributed by atoms with Crippen LogP contribution in [0.15, 0.2) is 29.6 Å². The summed E-state index contributed by atoms with van der Waals surface area (Å²) in [7, 11) is 0. The molecule has 1 aromatic rings. The molecule has 1 aromatic heterocycles. The van der Waals surface area contributed by atoms with Crippen molar-refractivity contribution in [2.45, 2.75) is 6.42 Å². The molecule has 0 aliphatic rings. The van der Waals surface area contributed by atoms with Gasteiger partial charge in [0.1, 0.15) is 0 Å². The van der Waals surface area contributed by atoms with Gasteiger partial charge < -0.3 is 9.94 Å². The lowest BCUT2D eigenvalue weighted by molar-refractivity contribution is 0.305. The Hall–Kier alpha value is -1.58. The second kappa shape index (κ2) is 5.12. The van der Waals surface area contributed by atoms with E-state index in [1.165, 1.54) is 6.21 Å². The normalized spacial score (nSPS) is 10.3. The first-order chi connectivity index (χ1) is 5.93. The molecule has 0 amide bonds. The lowest BCUT2D eigenvalue weighted by atomic mass is 10.5. The van der Waals surface area contributed by atoms with Gasteiger partial charge in [-0.2, -0.15) is 0 Å². The molecule has 0 atom stereocenters. The summed E-state index contributed by atoms with van der Waals surface area (Å²) in [5, 5.41) is 10.9. The Morgan fingerprint density at radius 3 is 3.17 bits per heavy atom. The standard InChI is InChI=1S/C8H10N2O2/c11-10-6-3-7-12-8-4-1-2-5-9-8/h1-2,4-6,11H,3,7H2/b10-6-. The first-order valence-corrected chi connectivity index (χ1v) is 3.63. The van der Waals surface area contributed by atoms with Gasteiger partial charge in [0.2, 0.25) is 5.88 Å². The van der Waals surface area contributed by atoms with Crippen LogP contribution in [0.5, 0.6) is 5.88 Å². The minimum Gasteiger partial charge on any atom is -0.477 e. The Kier molecular flexibility index (Phi) is 3.63. The number of oxime groups is 1. The maximum Gasteiger partial charge on any atom is 0.213 e. The highest BCUT2D eigenvalue weighted by Gasteiger charge is 1.89. The van der Waals surface area contributed by atoms with Gasteiger partial charge in [-0.15, -0.1) is 5.16 Å². The monoisotopic (exact) mass is 166 g/mol. The van der Waals surface area contributed by atoms with Crippen molar-refractivity contribution in [3.63, 3.8) is 0 Å². The van der Waals surface area contributed by atoms with E-state index >= 15 is 0 Å². The average Bonchev–Trinajstić information content (AvgIpc) is 2.14. The Labute approximate surface area is 70.5 Å². The van der Waals surface area contributed by atoms with Crippen molar-refractivity contribution in [3.8, 4) is 5.88 Å². The van der Waals surface area contributed by atoms with E-state index in [1.807, 2.05) is 12.1 Å². The Bertz CT molecular complexity index is 236. The molecule has 1 rings (SSSR count). The Morgan fingerprint density at radius 1 is 1.58 bits per heavy atom. The van der Waals surface area contributed by atoms with Crippen molar-refractivity contribution in [2.75, 3.05) is 6.61 Å². The van der Waals surface area contributed by atoms with Crippen LogP contribution >= 0.6 is 0 Å². The number of hydrogen-bond donors (Lipinski definition) is 1. The van der Waals surface area contributed by atoms with E-state index in [-0.39, 0.29) is 0 Å². The smallest absolute Gasteiger partial charge is 0.213 e. The van der Waals surface area contributed by atoms with E-state index in [2.05, 4.69) is 10.1 Å². The molecule has 0 spiro atoms. The third-order valence-corrected chi connectivity index (χ3v) is 1.22. The zero-order valence-corrected chi connectivity index (χ0v) is 6.55. The molecule has 4 heteroatoms. The summed E-state index contributed by atoms with van der Waals surface area (Å²) in [6.45, 7) is 0.473. The largest absolute Gasteiger partial charge is 0.477 e. The lowest BCUT2D eigenvalue weighted by Gasteiger charge is -2.00. The molecule has 0 bridgehead atoms. The van der Waals surface area contributed by atoms with Crippen LogP contribution in [0.2, 0.25) is 0 Å². The Balaban J connectivity index is 2.24. The van der Waals surface area contributed by atoms with Crippen LogP contribution < -0.4 is 4.74 Å². The molecule has 1 heterocycles. The van der Waals surface area contributed by atoms with Gasteiger partial charge in [-0.25, -0.2) is 4.98 Å². The molecule has 1 N–H and O–H groups in total. The van der Waals surface area contributed by atoms with Gasteiger partial charge in [0.05, 0.1) is 6.61 Å². The molecule has 0 unspecified atom stereocenters. The Morgan fingerprint density at radius 2 is 2.50 bits per heavy atom. The van der Waals surface area contributed by atoms with Crippen LogP contribution in [0.25, 0.3) is 0 Å². The predicted octanol–water partition coefficient (Wildman–Crippen LogP) is 1.31. The highest BCUT2D eigenvalue weighted by Crippen LogP contribution is 2.02. The first kappa shape index (κ1) is 8.52. The molecule has 0 aliphatic heterocycles. The van der Waals surface area contributed by atoms with Crippen LogP contribution in [-0.2, 0) is 0 Å². The van der Waals surface area contributed by atoms with Crippen LogP contribution in [0, 0.1) is 0 Å². The minimum atomic E-state index is 0.473. The quantitative estimate of drug-likeness (QED) is 0.317. The summed E-state index contributed by atoms with van der Waals surface area (Å²) in [5.41, 5.74) is 0. The number of hydrogen-bond acceptors (Lipinski definition) is 4. The average molecular weight is 166 g/mol. The molecule has 12 heavy (non-hydrogen) atoms. The van der Waals surface area contributed by atoms with Crippen molar-refractivity contribution >= 4 is 6.21 Å². The zero-order chi connectivity index (χ0) is 8.65. The van der Waals surface area contributed by atoms with Crippen LogP contribution in [-0.4, -0.2) is 23.0 Å². The zero-order valence-electron chi connectivity index (χ0n) is 6.55.